The van der Waals surface area contributed by atoms with Crippen molar-refractivity contribution in [3.8, 4) is 0 Å². The highest BCUT2D eigenvalue weighted by molar-refractivity contribution is 14.1. The zero-order valence-electron chi connectivity index (χ0n) is 10.4. The van der Waals surface area contributed by atoms with Gasteiger partial charge in [0.1, 0.15) is 0 Å². The van der Waals surface area contributed by atoms with Crippen molar-refractivity contribution in [2.75, 3.05) is 0 Å². The summed E-state index contributed by atoms with van der Waals surface area (Å²) in [6.07, 6.45) is 0. The molecule has 0 spiro atoms. The number of rotatable bonds is 2. The Kier molecular flexibility index (Phi) is 4.30. The molecule has 18 heavy (non-hydrogen) atoms. The molecule has 2 aromatic rings. The summed E-state index contributed by atoms with van der Waals surface area (Å²) < 4.78 is 1.14. The normalized spacial score (nSPS) is 12.5. The van der Waals surface area contributed by atoms with Crippen LogP contribution in [0.5, 0.6) is 0 Å². The predicted molar refractivity (Wildman–Crippen MR) is 86.1 cm³/mol. The summed E-state index contributed by atoms with van der Waals surface area (Å²) in [5.41, 5.74) is 11.1. The molecule has 0 aliphatic rings. The van der Waals surface area contributed by atoms with Crippen LogP contribution >= 0.6 is 34.2 Å². The van der Waals surface area contributed by atoms with Crippen molar-refractivity contribution in [1.29, 1.82) is 0 Å². The SMILES string of the molecule is Cc1ccc(C(N)c2cc(Cl)ccc2I)c(C)c1. The minimum absolute atomic E-state index is 0.129. The van der Waals surface area contributed by atoms with Gasteiger partial charge in [0.25, 0.3) is 0 Å². The summed E-state index contributed by atoms with van der Waals surface area (Å²) in [4.78, 5) is 0. The monoisotopic (exact) mass is 371 g/mol. The average molecular weight is 372 g/mol. The van der Waals surface area contributed by atoms with Crippen LogP contribution in [-0.4, -0.2) is 0 Å². The van der Waals surface area contributed by atoms with E-state index < -0.39 is 0 Å². The van der Waals surface area contributed by atoms with E-state index in [-0.39, 0.29) is 6.04 Å². The van der Waals surface area contributed by atoms with Crippen LogP contribution in [-0.2, 0) is 0 Å². The summed E-state index contributed by atoms with van der Waals surface area (Å²) in [5, 5.41) is 0.727. The van der Waals surface area contributed by atoms with E-state index in [2.05, 4.69) is 54.6 Å². The highest BCUT2D eigenvalue weighted by atomic mass is 127. The topological polar surface area (TPSA) is 26.0 Å². The standard InChI is InChI=1S/C15H15ClIN/c1-9-3-5-12(10(2)7-9)15(18)13-8-11(16)4-6-14(13)17/h3-8,15H,18H2,1-2H3. The van der Waals surface area contributed by atoms with E-state index in [0.29, 0.717) is 0 Å². The Morgan fingerprint density at radius 2 is 1.78 bits per heavy atom. The van der Waals surface area contributed by atoms with Crippen molar-refractivity contribution in [3.05, 3.63) is 67.2 Å². The van der Waals surface area contributed by atoms with Crippen molar-refractivity contribution in [3.63, 3.8) is 0 Å². The molecule has 0 heterocycles. The highest BCUT2D eigenvalue weighted by Crippen LogP contribution is 2.28. The average Bonchev–Trinajstić information content (AvgIpc) is 2.31. The molecule has 0 aliphatic carbocycles. The summed E-state index contributed by atoms with van der Waals surface area (Å²) >= 11 is 8.35. The molecular weight excluding hydrogens is 357 g/mol. The van der Waals surface area contributed by atoms with Gasteiger partial charge in [-0.05, 0) is 71.3 Å². The summed E-state index contributed by atoms with van der Waals surface area (Å²) in [6, 6.07) is 12.1. The van der Waals surface area contributed by atoms with Crippen LogP contribution in [0, 0.1) is 17.4 Å². The van der Waals surface area contributed by atoms with Gasteiger partial charge in [-0.2, -0.15) is 0 Å². The van der Waals surface area contributed by atoms with E-state index in [1.54, 1.807) is 0 Å². The second-order valence-electron chi connectivity index (χ2n) is 4.50. The Labute approximate surface area is 126 Å². The lowest BCUT2D eigenvalue weighted by Crippen LogP contribution is -2.14. The molecule has 3 heteroatoms. The molecule has 1 unspecified atom stereocenters. The Bertz CT molecular complexity index is 581. The van der Waals surface area contributed by atoms with Crippen molar-refractivity contribution in [1.82, 2.24) is 0 Å². The lowest BCUT2D eigenvalue weighted by atomic mass is 9.95. The molecular formula is C15H15ClIN. The van der Waals surface area contributed by atoms with Crippen molar-refractivity contribution in [2.45, 2.75) is 19.9 Å². The lowest BCUT2D eigenvalue weighted by molar-refractivity contribution is 0.855. The van der Waals surface area contributed by atoms with Gasteiger partial charge in [0, 0.05) is 8.59 Å². The van der Waals surface area contributed by atoms with Crippen LogP contribution in [0.2, 0.25) is 5.02 Å². The molecule has 0 fully saturated rings. The maximum atomic E-state index is 6.37. The third-order valence-electron chi connectivity index (χ3n) is 3.05. The van der Waals surface area contributed by atoms with Crippen LogP contribution < -0.4 is 5.73 Å². The first-order chi connectivity index (χ1) is 8.49. The summed E-state index contributed by atoms with van der Waals surface area (Å²) in [5.74, 6) is 0. The molecule has 0 amide bonds. The van der Waals surface area contributed by atoms with E-state index in [1.165, 1.54) is 11.1 Å². The maximum Gasteiger partial charge on any atom is 0.0565 e. The van der Waals surface area contributed by atoms with Crippen LogP contribution in [0.15, 0.2) is 36.4 Å². The van der Waals surface area contributed by atoms with Gasteiger partial charge in [0.15, 0.2) is 0 Å². The molecule has 1 atom stereocenters. The molecule has 0 radical (unpaired) electrons. The Morgan fingerprint density at radius 1 is 1.06 bits per heavy atom. The molecule has 94 valence electrons. The fourth-order valence-electron chi connectivity index (χ4n) is 2.10. The largest absolute Gasteiger partial charge is 0.320 e. The molecule has 2 rings (SSSR count). The Balaban J connectivity index is 2.47. The number of hydrogen-bond donors (Lipinski definition) is 1. The molecule has 0 aromatic heterocycles. The van der Waals surface area contributed by atoms with Gasteiger partial charge >= 0.3 is 0 Å². The van der Waals surface area contributed by atoms with E-state index in [9.17, 15) is 0 Å². The zero-order valence-corrected chi connectivity index (χ0v) is 13.3. The molecule has 2 aromatic carbocycles. The van der Waals surface area contributed by atoms with Gasteiger partial charge in [-0.15, -0.1) is 0 Å². The van der Waals surface area contributed by atoms with E-state index in [4.69, 9.17) is 17.3 Å². The van der Waals surface area contributed by atoms with Crippen LogP contribution in [0.3, 0.4) is 0 Å². The predicted octanol–water partition coefficient (Wildman–Crippen LogP) is 4.61. The highest BCUT2D eigenvalue weighted by Gasteiger charge is 2.14. The maximum absolute atomic E-state index is 6.37. The van der Waals surface area contributed by atoms with Gasteiger partial charge < -0.3 is 5.73 Å². The molecule has 2 N–H and O–H groups in total. The van der Waals surface area contributed by atoms with Crippen molar-refractivity contribution < 1.29 is 0 Å². The Morgan fingerprint density at radius 3 is 2.44 bits per heavy atom. The van der Waals surface area contributed by atoms with Gasteiger partial charge in [0.2, 0.25) is 0 Å². The van der Waals surface area contributed by atoms with Crippen molar-refractivity contribution in [2.24, 2.45) is 5.73 Å². The number of aryl methyl sites for hydroxylation is 2. The Hall–Kier alpha value is -0.580. The van der Waals surface area contributed by atoms with Gasteiger partial charge in [0.05, 0.1) is 6.04 Å². The first-order valence-electron chi connectivity index (χ1n) is 5.76. The number of halogens is 2. The van der Waals surface area contributed by atoms with Crippen molar-refractivity contribution >= 4 is 34.2 Å². The number of benzene rings is 2. The van der Waals surface area contributed by atoms with Gasteiger partial charge in [-0.25, -0.2) is 0 Å². The third-order valence-corrected chi connectivity index (χ3v) is 4.27. The molecule has 1 nitrogen and oxygen atoms in total. The molecule has 0 aliphatic heterocycles. The fraction of sp³-hybridized carbons (Fsp3) is 0.200. The van der Waals surface area contributed by atoms with Crippen LogP contribution in [0.4, 0.5) is 0 Å². The first kappa shape index (κ1) is 13.8. The summed E-state index contributed by atoms with van der Waals surface area (Å²) in [7, 11) is 0. The van der Waals surface area contributed by atoms with Gasteiger partial charge in [-0.3, -0.25) is 0 Å². The fourth-order valence-corrected chi connectivity index (χ4v) is 2.95. The molecule has 0 saturated carbocycles. The minimum atomic E-state index is -0.129. The molecule has 0 bridgehead atoms. The molecule has 0 saturated heterocycles. The lowest BCUT2D eigenvalue weighted by Gasteiger charge is -2.17. The van der Waals surface area contributed by atoms with Gasteiger partial charge in [-0.1, -0.05) is 35.4 Å². The quantitative estimate of drug-likeness (QED) is 0.767. The first-order valence-corrected chi connectivity index (χ1v) is 7.22. The van der Waals surface area contributed by atoms with Crippen LogP contribution in [0.1, 0.15) is 28.3 Å². The van der Waals surface area contributed by atoms with E-state index >= 15 is 0 Å². The second-order valence-corrected chi connectivity index (χ2v) is 6.10. The smallest absolute Gasteiger partial charge is 0.0565 e. The zero-order chi connectivity index (χ0) is 13.3. The second kappa shape index (κ2) is 5.59. The van der Waals surface area contributed by atoms with E-state index in [1.807, 2.05) is 18.2 Å². The minimum Gasteiger partial charge on any atom is -0.320 e. The third kappa shape index (κ3) is 2.87. The number of hydrogen-bond acceptors (Lipinski definition) is 1. The number of nitrogens with two attached hydrogens (primary N) is 1. The summed E-state index contributed by atoms with van der Waals surface area (Å²) in [6.45, 7) is 4.19. The van der Waals surface area contributed by atoms with E-state index in [0.717, 1.165) is 19.7 Å². The van der Waals surface area contributed by atoms with Crippen LogP contribution in [0.25, 0.3) is 0 Å².